The minimum Gasteiger partial charge on any atom is -0.461 e. The van der Waals surface area contributed by atoms with Crippen LogP contribution in [0.1, 0.15) is 12.5 Å². The molecule has 1 fully saturated rings. The predicted molar refractivity (Wildman–Crippen MR) is 139 cm³/mol. The van der Waals surface area contributed by atoms with Gasteiger partial charge in [0.1, 0.15) is 5.82 Å². The molecule has 0 radical (unpaired) electrons. The zero-order valence-electron chi connectivity index (χ0n) is 18.6. The average Bonchev–Trinajstić information content (AvgIpc) is 3.39. The van der Waals surface area contributed by atoms with Crippen molar-refractivity contribution in [3.63, 3.8) is 0 Å². The fourth-order valence-corrected chi connectivity index (χ4v) is 6.62. The number of rotatable bonds is 5. The number of amides is 1. The van der Waals surface area contributed by atoms with Gasteiger partial charge in [-0.05, 0) is 66.7 Å². The van der Waals surface area contributed by atoms with Crippen LogP contribution < -0.4 is 9.91 Å². The number of nitrogens with zero attached hydrogens (tertiary/aromatic N) is 3. The van der Waals surface area contributed by atoms with Crippen molar-refractivity contribution in [1.29, 1.82) is 0 Å². The first-order valence-corrected chi connectivity index (χ1v) is 12.5. The smallest absolute Gasteiger partial charge is 0.365 e. The lowest BCUT2D eigenvalue weighted by molar-refractivity contribution is -0.134. The highest BCUT2D eigenvalue weighted by Crippen LogP contribution is 2.59. The van der Waals surface area contributed by atoms with Crippen molar-refractivity contribution in [1.82, 2.24) is 0 Å². The molecule has 0 saturated carbocycles. The first-order chi connectivity index (χ1) is 17.0. The number of anilines is 2. The van der Waals surface area contributed by atoms with E-state index >= 15 is 0 Å². The van der Waals surface area contributed by atoms with Gasteiger partial charge in [0.05, 0.1) is 17.2 Å². The van der Waals surface area contributed by atoms with E-state index in [1.807, 2.05) is 60.7 Å². The third-order valence-corrected chi connectivity index (χ3v) is 7.96. The molecule has 2 heterocycles. The quantitative estimate of drug-likeness (QED) is 0.328. The van der Waals surface area contributed by atoms with Crippen molar-refractivity contribution >= 4 is 57.9 Å². The number of halogens is 1. The second-order valence-corrected chi connectivity index (χ2v) is 10.2. The Labute approximate surface area is 210 Å². The zero-order chi connectivity index (χ0) is 24.4. The van der Waals surface area contributed by atoms with Crippen molar-refractivity contribution in [2.24, 2.45) is 5.10 Å². The minimum atomic E-state index is -1.15. The van der Waals surface area contributed by atoms with E-state index in [9.17, 15) is 14.0 Å². The van der Waals surface area contributed by atoms with Gasteiger partial charge in [0.15, 0.2) is 0 Å². The summed E-state index contributed by atoms with van der Waals surface area (Å²) in [4.78, 5) is 28.7. The maximum absolute atomic E-state index is 13.9. The molecule has 176 valence electrons. The van der Waals surface area contributed by atoms with Crippen LogP contribution in [0.4, 0.5) is 15.8 Å². The molecule has 0 aliphatic carbocycles. The Balaban J connectivity index is 1.66. The molecule has 1 amide bonds. The number of ether oxygens (including phenoxy) is 1. The molecule has 2 aliphatic rings. The van der Waals surface area contributed by atoms with E-state index in [0.717, 1.165) is 11.8 Å². The van der Waals surface area contributed by atoms with E-state index in [4.69, 9.17) is 4.74 Å². The highest BCUT2D eigenvalue weighted by atomic mass is 32.2. The van der Waals surface area contributed by atoms with Crippen LogP contribution in [-0.2, 0) is 14.3 Å². The number of hydrogen-bond donors (Lipinski definition) is 0. The Kier molecular flexibility index (Phi) is 6.36. The maximum atomic E-state index is 13.9. The number of hydrazone groups is 1. The molecule has 6 nitrogen and oxygen atoms in total. The van der Waals surface area contributed by atoms with E-state index in [2.05, 4.69) is 5.10 Å². The van der Waals surface area contributed by atoms with E-state index in [1.54, 1.807) is 35.0 Å². The lowest BCUT2D eigenvalue weighted by Gasteiger charge is -2.38. The molecule has 1 saturated heterocycles. The van der Waals surface area contributed by atoms with Crippen LogP contribution in [0.25, 0.3) is 6.08 Å². The molecule has 9 heteroatoms. The zero-order valence-corrected chi connectivity index (χ0v) is 20.3. The van der Waals surface area contributed by atoms with E-state index in [0.29, 0.717) is 21.8 Å². The van der Waals surface area contributed by atoms with Gasteiger partial charge in [-0.2, -0.15) is 5.10 Å². The van der Waals surface area contributed by atoms with Crippen molar-refractivity contribution < 1.29 is 18.7 Å². The Morgan fingerprint density at radius 1 is 0.971 bits per heavy atom. The summed E-state index contributed by atoms with van der Waals surface area (Å²) in [7, 11) is 0. The number of hydrogen-bond acceptors (Lipinski definition) is 7. The number of para-hydroxylation sites is 2. The predicted octanol–water partition coefficient (Wildman–Crippen LogP) is 5.69. The Morgan fingerprint density at radius 3 is 2.23 bits per heavy atom. The molecule has 3 aromatic carbocycles. The Morgan fingerprint density at radius 2 is 1.60 bits per heavy atom. The number of carbonyl (C=O) groups is 2. The lowest BCUT2D eigenvalue weighted by Crippen LogP contribution is -2.51. The summed E-state index contributed by atoms with van der Waals surface area (Å²) in [6.45, 7) is 1.94. The monoisotopic (exact) mass is 505 g/mol. The summed E-state index contributed by atoms with van der Waals surface area (Å²) in [5.41, 5.74) is 2.05. The molecule has 35 heavy (non-hydrogen) atoms. The van der Waals surface area contributed by atoms with Crippen LogP contribution in [-0.4, -0.2) is 27.9 Å². The summed E-state index contributed by atoms with van der Waals surface area (Å²) >= 11 is 2.45. The van der Waals surface area contributed by atoms with Gasteiger partial charge in [-0.3, -0.25) is 9.69 Å². The van der Waals surface area contributed by atoms with E-state index in [1.165, 1.54) is 23.9 Å². The molecular formula is C26H20FN3O3S2. The molecule has 1 unspecified atom stereocenters. The molecule has 5 rings (SSSR count). The fraction of sp³-hybridized carbons (Fsp3) is 0.115. The molecule has 0 N–H and O–H groups in total. The highest BCUT2D eigenvalue weighted by Gasteiger charge is 2.60. The minimum absolute atomic E-state index is 0.153. The average molecular weight is 506 g/mol. The van der Waals surface area contributed by atoms with Crippen molar-refractivity contribution in [2.45, 2.75) is 11.3 Å². The van der Waals surface area contributed by atoms with Gasteiger partial charge < -0.3 is 4.74 Å². The van der Waals surface area contributed by atoms with Gasteiger partial charge in [0.25, 0.3) is 5.91 Å². The molecule has 2 aliphatic heterocycles. The summed E-state index contributed by atoms with van der Waals surface area (Å²) in [5.74, 6) is -1.15. The first-order valence-electron chi connectivity index (χ1n) is 10.9. The lowest BCUT2D eigenvalue weighted by atomic mass is 10.2. The largest absolute Gasteiger partial charge is 0.461 e. The molecular weight excluding hydrogens is 485 g/mol. The SMILES string of the molecule is CCOC(=O)C1=NN(c2ccccc2)C2(S1)S/C(=C/c1ccc(F)cc1)C(=O)N2c1ccccc1. The van der Waals surface area contributed by atoms with Crippen LogP contribution in [0.15, 0.2) is 94.9 Å². The molecule has 1 atom stereocenters. The van der Waals surface area contributed by atoms with Crippen LogP contribution in [0.2, 0.25) is 0 Å². The van der Waals surface area contributed by atoms with Crippen LogP contribution >= 0.6 is 23.5 Å². The normalized spacial score (nSPS) is 20.6. The molecule has 0 aromatic heterocycles. The van der Waals surface area contributed by atoms with E-state index < -0.39 is 10.3 Å². The fourth-order valence-electron chi connectivity index (χ4n) is 3.74. The summed E-state index contributed by atoms with van der Waals surface area (Å²) < 4.78 is 17.5. The third-order valence-electron chi connectivity index (χ3n) is 5.26. The molecule has 1 spiro atoms. The van der Waals surface area contributed by atoms with E-state index in [-0.39, 0.29) is 23.4 Å². The topological polar surface area (TPSA) is 62.2 Å². The van der Waals surface area contributed by atoms with Crippen LogP contribution in [0, 0.1) is 5.82 Å². The van der Waals surface area contributed by atoms with Gasteiger partial charge in [-0.1, -0.05) is 60.3 Å². The number of thioether (sulfide) groups is 2. The first kappa shape index (κ1) is 23.2. The number of esters is 1. The summed E-state index contributed by atoms with van der Waals surface area (Å²) in [6, 6.07) is 24.6. The van der Waals surface area contributed by atoms with Gasteiger partial charge in [0, 0.05) is 5.69 Å². The summed E-state index contributed by atoms with van der Waals surface area (Å²) in [6.07, 6.45) is 1.73. The molecule has 0 bridgehead atoms. The van der Waals surface area contributed by atoms with Gasteiger partial charge in [0.2, 0.25) is 9.37 Å². The standard InChI is InChI=1S/C26H20FN3O3S2/c1-2-33-25(32)23-28-30(21-11-7-4-8-12-21)26(35-23)29(20-9-5-3-6-10-20)24(31)22(34-26)17-18-13-15-19(27)16-14-18/h3-17H,2H2,1H3/b22-17+. The van der Waals surface area contributed by atoms with Crippen LogP contribution in [0.5, 0.6) is 0 Å². The van der Waals surface area contributed by atoms with Crippen molar-refractivity contribution in [2.75, 3.05) is 16.5 Å². The van der Waals surface area contributed by atoms with Gasteiger partial charge >= 0.3 is 5.97 Å². The summed E-state index contributed by atoms with van der Waals surface area (Å²) in [5, 5.41) is 6.46. The third kappa shape index (κ3) is 4.33. The number of benzene rings is 3. The van der Waals surface area contributed by atoms with Crippen LogP contribution in [0.3, 0.4) is 0 Å². The number of carbonyl (C=O) groups excluding carboxylic acids is 2. The van der Waals surface area contributed by atoms with Crippen molar-refractivity contribution in [3.05, 3.63) is 101 Å². The maximum Gasteiger partial charge on any atom is 0.365 e. The second kappa shape index (κ2) is 9.59. The highest BCUT2D eigenvalue weighted by molar-refractivity contribution is 8.29. The van der Waals surface area contributed by atoms with Crippen molar-refractivity contribution in [3.8, 4) is 0 Å². The molecule has 3 aromatic rings. The second-order valence-electron chi connectivity index (χ2n) is 7.56. The van der Waals surface area contributed by atoms with Gasteiger partial charge in [-0.25, -0.2) is 14.2 Å². The Bertz CT molecular complexity index is 1320. The Hall–Kier alpha value is -3.56. The van der Waals surface area contributed by atoms with Gasteiger partial charge in [-0.15, -0.1) is 0 Å².